The van der Waals surface area contributed by atoms with Crippen molar-refractivity contribution in [2.45, 2.75) is 37.6 Å². The molecule has 1 saturated heterocycles. The van der Waals surface area contributed by atoms with Crippen molar-refractivity contribution in [2.75, 3.05) is 11.4 Å². The zero-order valence-corrected chi connectivity index (χ0v) is 10.8. The van der Waals surface area contributed by atoms with Crippen molar-refractivity contribution in [3.8, 4) is 0 Å². The zero-order valence-electron chi connectivity index (χ0n) is 8.40. The Kier molecular flexibility index (Phi) is 3.07. The Labute approximate surface area is 96.8 Å². The van der Waals surface area contributed by atoms with Gasteiger partial charge in [0.05, 0.1) is 0 Å². The molecule has 1 fully saturated rings. The van der Waals surface area contributed by atoms with Crippen LogP contribution in [-0.4, -0.2) is 26.8 Å². The molecule has 0 saturated carbocycles. The highest BCUT2D eigenvalue weighted by Gasteiger charge is 2.27. The Hall–Kier alpha value is -0.160. The summed E-state index contributed by atoms with van der Waals surface area (Å²) in [6.07, 6.45) is 2.49. The molecule has 1 aromatic heterocycles. The standard InChI is InChI=1S/C9H14BrN3S/c1-6-8(10)4-3-5-13(6)9-11-7(2)12-14-9/h6,8H,3-5H2,1-2H3. The number of alkyl halides is 1. The first kappa shape index (κ1) is 10.4. The Balaban J connectivity index is 2.17. The average molecular weight is 276 g/mol. The number of hydrogen-bond acceptors (Lipinski definition) is 4. The Morgan fingerprint density at radius 2 is 2.36 bits per heavy atom. The molecular weight excluding hydrogens is 262 g/mol. The number of aryl methyl sites for hydroxylation is 1. The fourth-order valence-electron chi connectivity index (χ4n) is 1.77. The van der Waals surface area contributed by atoms with E-state index in [-0.39, 0.29) is 0 Å². The minimum atomic E-state index is 0.524. The molecule has 2 heterocycles. The van der Waals surface area contributed by atoms with E-state index in [4.69, 9.17) is 0 Å². The molecule has 0 radical (unpaired) electrons. The summed E-state index contributed by atoms with van der Waals surface area (Å²) in [4.78, 5) is 7.37. The molecule has 2 atom stereocenters. The van der Waals surface area contributed by atoms with Crippen LogP contribution in [0.4, 0.5) is 5.13 Å². The molecular formula is C9H14BrN3S. The smallest absolute Gasteiger partial charge is 0.205 e. The maximum Gasteiger partial charge on any atom is 0.205 e. The van der Waals surface area contributed by atoms with Gasteiger partial charge in [-0.15, -0.1) is 0 Å². The van der Waals surface area contributed by atoms with Gasteiger partial charge in [-0.05, 0) is 26.7 Å². The highest BCUT2D eigenvalue weighted by Crippen LogP contribution is 2.29. The lowest BCUT2D eigenvalue weighted by Crippen LogP contribution is -2.44. The van der Waals surface area contributed by atoms with Crippen LogP contribution >= 0.6 is 27.5 Å². The molecule has 5 heteroatoms. The second kappa shape index (κ2) is 4.14. The molecule has 78 valence electrons. The summed E-state index contributed by atoms with van der Waals surface area (Å²) in [6, 6.07) is 0.524. The predicted molar refractivity (Wildman–Crippen MR) is 63.4 cm³/mol. The normalized spacial score (nSPS) is 28.1. The van der Waals surface area contributed by atoms with E-state index in [1.165, 1.54) is 24.4 Å². The number of hydrogen-bond donors (Lipinski definition) is 0. The summed E-state index contributed by atoms with van der Waals surface area (Å²) in [6.45, 7) is 5.30. The highest BCUT2D eigenvalue weighted by atomic mass is 79.9. The number of piperidine rings is 1. The topological polar surface area (TPSA) is 29.0 Å². The molecule has 0 aromatic carbocycles. The van der Waals surface area contributed by atoms with Crippen molar-refractivity contribution in [2.24, 2.45) is 0 Å². The Bertz CT molecular complexity index is 315. The van der Waals surface area contributed by atoms with E-state index in [0.29, 0.717) is 10.9 Å². The van der Waals surface area contributed by atoms with Gasteiger partial charge in [-0.2, -0.15) is 4.37 Å². The van der Waals surface area contributed by atoms with Gasteiger partial charge in [0.25, 0.3) is 0 Å². The van der Waals surface area contributed by atoms with Gasteiger partial charge < -0.3 is 4.90 Å². The van der Waals surface area contributed by atoms with Gasteiger partial charge >= 0.3 is 0 Å². The molecule has 1 aliphatic rings. The molecule has 0 amide bonds. The molecule has 0 bridgehead atoms. The number of nitrogens with zero attached hydrogens (tertiary/aromatic N) is 3. The molecule has 3 nitrogen and oxygen atoms in total. The quantitative estimate of drug-likeness (QED) is 0.738. The summed E-state index contributed by atoms with van der Waals surface area (Å²) in [5.74, 6) is 0.883. The van der Waals surface area contributed by atoms with E-state index in [2.05, 4.69) is 37.1 Å². The van der Waals surface area contributed by atoms with E-state index in [1.807, 2.05) is 6.92 Å². The summed E-state index contributed by atoms with van der Waals surface area (Å²) in [5.41, 5.74) is 0. The summed E-state index contributed by atoms with van der Waals surface area (Å²) in [7, 11) is 0. The lowest BCUT2D eigenvalue weighted by molar-refractivity contribution is 0.502. The number of halogens is 1. The second-order valence-corrected chi connectivity index (χ2v) is 5.62. The molecule has 0 spiro atoms. The first-order chi connectivity index (χ1) is 6.68. The maximum absolute atomic E-state index is 4.43. The van der Waals surface area contributed by atoms with Gasteiger partial charge in [-0.1, -0.05) is 15.9 Å². The minimum Gasteiger partial charge on any atom is -0.343 e. The van der Waals surface area contributed by atoms with E-state index in [0.717, 1.165) is 17.5 Å². The fraction of sp³-hybridized carbons (Fsp3) is 0.778. The van der Waals surface area contributed by atoms with E-state index in [1.54, 1.807) is 0 Å². The van der Waals surface area contributed by atoms with Gasteiger partial charge in [-0.25, -0.2) is 4.98 Å². The molecule has 0 aliphatic carbocycles. The molecule has 2 rings (SSSR count). The van der Waals surface area contributed by atoms with Crippen LogP contribution in [0, 0.1) is 6.92 Å². The average Bonchev–Trinajstić information content (AvgIpc) is 2.57. The van der Waals surface area contributed by atoms with Crippen LogP contribution in [-0.2, 0) is 0 Å². The van der Waals surface area contributed by atoms with Crippen LogP contribution in [0.2, 0.25) is 0 Å². The molecule has 0 N–H and O–H groups in total. The number of aromatic nitrogens is 2. The van der Waals surface area contributed by atoms with Gasteiger partial charge in [0.1, 0.15) is 5.82 Å². The van der Waals surface area contributed by atoms with Crippen LogP contribution in [0.1, 0.15) is 25.6 Å². The van der Waals surface area contributed by atoms with Gasteiger partial charge in [-0.3, -0.25) is 0 Å². The molecule has 2 unspecified atom stereocenters. The molecule has 14 heavy (non-hydrogen) atoms. The first-order valence-electron chi connectivity index (χ1n) is 4.89. The second-order valence-electron chi connectivity index (χ2n) is 3.72. The SMILES string of the molecule is Cc1nsc(N2CCCC(Br)C2C)n1. The van der Waals surface area contributed by atoms with Crippen molar-refractivity contribution in [3.05, 3.63) is 5.82 Å². The van der Waals surface area contributed by atoms with Crippen molar-refractivity contribution < 1.29 is 0 Å². The van der Waals surface area contributed by atoms with Crippen LogP contribution in [0.15, 0.2) is 0 Å². The summed E-state index contributed by atoms with van der Waals surface area (Å²) < 4.78 is 4.22. The van der Waals surface area contributed by atoms with Crippen molar-refractivity contribution in [3.63, 3.8) is 0 Å². The molecule has 1 aliphatic heterocycles. The van der Waals surface area contributed by atoms with Crippen molar-refractivity contribution >= 4 is 32.6 Å². The largest absolute Gasteiger partial charge is 0.343 e. The minimum absolute atomic E-state index is 0.524. The summed E-state index contributed by atoms with van der Waals surface area (Å²) >= 11 is 5.22. The third kappa shape index (κ3) is 1.93. The lowest BCUT2D eigenvalue weighted by Gasteiger charge is -2.36. The van der Waals surface area contributed by atoms with E-state index in [9.17, 15) is 0 Å². The van der Waals surface area contributed by atoms with Crippen LogP contribution in [0.3, 0.4) is 0 Å². The van der Waals surface area contributed by atoms with E-state index < -0.39 is 0 Å². The molecule has 1 aromatic rings. The van der Waals surface area contributed by atoms with Crippen LogP contribution in [0.25, 0.3) is 0 Å². The summed E-state index contributed by atoms with van der Waals surface area (Å²) in [5, 5.41) is 1.07. The first-order valence-corrected chi connectivity index (χ1v) is 6.58. The predicted octanol–water partition coefficient (Wildman–Crippen LogP) is 2.60. The maximum atomic E-state index is 4.43. The van der Waals surface area contributed by atoms with Crippen LogP contribution < -0.4 is 4.90 Å². The number of rotatable bonds is 1. The van der Waals surface area contributed by atoms with Gasteiger partial charge in [0, 0.05) is 28.9 Å². The zero-order chi connectivity index (χ0) is 10.1. The van der Waals surface area contributed by atoms with E-state index >= 15 is 0 Å². The van der Waals surface area contributed by atoms with Crippen molar-refractivity contribution in [1.29, 1.82) is 0 Å². The Morgan fingerprint density at radius 1 is 1.57 bits per heavy atom. The van der Waals surface area contributed by atoms with Gasteiger partial charge in [0.2, 0.25) is 5.13 Å². The Morgan fingerprint density at radius 3 is 3.00 bits per heavy atom. The third-order valence-corrected chi connectivity index (χ3v) is 4.72. The fourth-order valence-corrected chi connectivity index (χ4v) is 3.17. The van der Waals surface area contributed by atoms with Crippen molar-refractivity contribution in [1.82, 2.24) is 9.36 Å². The third-order valence-electron chi connectivity index (χ3n) is 2.66. The lowest BCUT2D eigenvalue weighted by atomic mass is 10.0. The monoisotopic (exact) mass is 275 g/mol. The number of anilines is 1. The van der Waals surface area contributed by atoms with Gasteiger partial charge in [0.15, 0.2) is 0 Å². The van der Waals surface area contributed by atoms with Crippen LogP contribution in [0.5, 0.6) is 0 Å². The highest BCUT2D eigenvalue weighted by molar-refractivity contribution is 9.09.